The zero-order chi connectivity index (χ0) is 14.4. The van der Waals surface area contributed by atoms with Gasteiger partial charge in [-0.1, -0.05) is 24.3 Å². The van der Waals surface area contributed by atoms with Crippen LogP contribution in [-0.4, -0.2) is 16.5 Å². The molecule has 0 spiro atoms. The van der Waals surface area contributed by atoms with Gasteiger partial charge in [0, 0.05) is 23.9 Å². The van der Waals surface area contributed by atoms with E-state index < -0.39 is 0 Å². The second-order valence-corrected chi connectivity index (χ2v) is 5.29. The van der Waals surface area contributed by atoms with Gasteiger partial charge in [0.1, 0.15) is 5.75 Å². The van der Waals surface area contributed by atoms with Crippen LogP contribution in [0.1, 0.15) is 19.9 Å². The second kappa shape index (κ2) is 4.40. The molecule has 4 heteroatoms. The minimum absolute atomic E-state index is 0.0292. The van der Waals surface area contributed by atoms with Crippen LogP contribution in [0, 0.1) is 0 Å². The van der Waals surface area contributed by atoms with Crippen LogP contribution >= 0.6 is 0 Å². The van der Waals surface area contributed by atoms with Crippen LogP contribution in [0.15, 0.2) is 35.1 Å². The Balaban J connectivity index is 2.61. The smallest absolute Gasteiger partial charge is 0.274 e. The molecule has 104 valence electrons. The first-order chi connectivity index (χ1) is 9.56. The molecule has 0 bridgehead atoms. The highest BCUT2D eigenvalue weighted by atomic mass is 16.5. The Morgan fingerprint density at radius 1 is 1.10 bits per heavy atom. The summed E-state index contributed by atoms with van der Waals surface area (Å²) < 4.78 is 9.17. The van der Waals surface area contributed by atoms with Crippen molar-refractivity contribution in [3.05, 3.63) is 40.7 Å². The lowest BCUT2D eigenvalue weighted by atomic mass is 10.1. The van der Waals surface area contributed by atoms with Crippen molar-refractivity contribution in [3.63, 3.8) is 0 Å². The number of fused-ring (bicyclic) bond motifs is 3. The number of hydrogen-bond donors (Lipinski definition) is 0. The Bertz CT molecular complexity index is 856. The van der Waals surface area contributed by atoms with E-state index in [-0.39, 0.29) is 11.6 Å². The molecular weight excluding hydrogens is 252 g/mol. The van der Waals surface area contributed by atoms with Crippen molar-refractivity contribution in [2.24, 2.45) is 7.05 Å². The maximum Gasteiger partial charge on any atom is 0.274 e. The zero-order valence-electron chi connectivity index (χ0n) is 12.2. The average molecular weight is 270 g/mol. The molecule has 1 heterocycles. The first-order valence-corrected chi connectivity index (χ1v) is 6.73. The van der Waals surface area contributed by atoms with Gasteiger partial charge in [0.15, 0.2) is 0 Å². The van der Waals surface area contributed by atoms with E-state index in [2.05, 4.69) is 0 Å². The molecule has 0 aliphatic rings. The highest BCUT2D eigenvalue weighted by Gasteiger charge is 2.17. The van der Waals surface area contributed by atoms with E-state index in [9.17, 15) is 4.79 Å². The quantitative estimate of drug-likeness (QED) is 0.717. The molecule has 0 unspecified atom stereocenters. The molecule has 0 atom stereocenters. The summed E-state index contributed by atoms with van der Waals surface area (Å²) in [6.07, 6.45) is 0. The van der Waals surface area contributed by atoms with E-state index in [4.69, 9.17) is 4.74 Å². The van der Waals surface area contributed by atoms with Crippen LogP contribution in [0.2, 0.25) is 0 Å². The summed E-state index contributed by atoms with van der Waals surface area (Å²) in [6, 6.07) is 9.98. The van der Waals surface area contributed by atoms with Crippen molar-refractivity contribution >= 4 is 21.7 Å². The van der Waals surface area contributed by atoms with Crippen LogP contribution in [0.3, 0.4) is 0 Å². The van der Waals surface area contributed by atoms with E-state index in [0.717, 1.165) is 22.0 Å². The van der Waals surface area contributed by atoms with Crippen molar-refractivity contribution in [3.8, 4) is 5.75 Å². The molecule has 3 rings (SSSR count). The Morgan fingerprint density at radius 3 is 2.35 bits per heavy atom. The molecule has 0 aliphatic carbocycles. The molecule has 0 saturated heterocycles. The minimum atomic E-state index is 0.0292. The second-order valence-electron chi connectivity index (χ2n) is 5.29. The van der Waals surface area contributed by atoms with E-state index in [0.29, 0.717) is 5.39 Å². The fourth-order valence-electron chi connectivity index (χ4n) is 2.96. The summed E-state index contributed by atoms with van der Waals surface area (Å²) >= 11 is 0. The van der Waals surface area contributed by atoms with Gasteiger partial charge in [-0.2, -0.15) is 0 Å². The number of nitrogens with zero attached hydrogens (tertiary/aromatic N) is 2. The number of ether oxygens (including phenoxy) is 1. The van der Waals surface area contributed by atoms with Crippen LogP contribution in [-0.2, 0) is 7.05 Å². The van der Waals surface area contributed by atoms with Gasteiger partial charge in [-0.3, -0.25) is 9.48 Å². The van der Waals surface area contributed by atoms with Crippen molar-refractivity contribution in [2.45, 2.75) is 19.9 Å². The first-order valence-electron chi connectivity index (χ1n) is 6.73. The van der Waals surface area contributed by atoms with Crippen LogP contribution in [0.25, 0.3) is 21.7 Å². The van der Waals surface area contributed by atoms with Crippen molar-refractivity contribution in [1.29, 1.82) is 0 Å². The lowest BCUT2D eigenvalue weighted by molar-refractivity contribution is 0.420. The van der Waals surface area contributed by atoms with Gasteiger partial charge in [0.25, 0.3) is 5.56 Å². The molecular formula is C16H18N2O2. The molecule has 0 saturated carbocycles. The van der Waals surface area contributed by atoms with Gasteiger partial charge in [-0.15, -0.1) is 0 Å². The molecule has 0 fully saturated rings. The predicted octanol–water partition coefficient (Wildman–Crippen LogP) is 3.08. The summed E-state index contributed by atoms with van der Waals surface area (Å²) in [7, 11) is 3.57. The highest BCUT2D eigenvalue weighted by molar-refractivity contribution is 6.08. The molecule has 0 aliphatic heterocycles. The number of aryl methyl sites for hydroxylation is 1. The molecule has 3 aromatic rings. The zero-order valence-corrected chi connectivity index (χ0v) is 12.2. The maximum atomic E-state index is 12.6. The molecule has 1 aromatic heterocycles. The van der Waals surface area contributed by atoms with Gasteiger partial charge in [0.2, 0.25) is 0 Å². The van der Waals surface area contributed by atoms with E-state index in [1.807, 2.05) is 55.9 Å². The molecule has 0 amide bonds. The predicted molar refractivity (Wildman–Crippen MR) is 81.6 cm³/mol. The summed E-state index contributed by atoms with van der Waals surface area (Å²) in [5, 5.41) is 2.77. The molecule has 0 N–H and O–H groups in total. The summed E-state index contributed by atoms with van der Waals surface area (Å²) in [5.74, 6) is 0.742. The van der Waals surface area contributed by atoms with Gasteiger partial charge in [0.05, 0.1) is 18.0 Å². The minimum Gasteiger partial charge on any atom is -0.496 e. The number of methoxy groups -OCH3 is 1. The van der Waals surface area contributed by atoms with Crippen LogP contribution in [0.4, 0.5) is 0 Å². The average Bonchev–Trinajstić information content (AvgIpc) is 2.69. The fraction of sp³-hybridized carbons (Fsp3) is 0.312. The van der Waals surface area contributed by atoms with Crippen molar-refractivity contribution in [2.75, 3.05) is 7.11 Å². The molecule has 4 nitrogen and oxygen atoms in total. The third-order valence-corrected chi connectivity index (χ3v) is 3.77. The van der Waals surface area contributed by atoms with Crippen molar-refractivity contribution in [1.82, 2.24) is 9.36 Å². The maximum absolute atomic E-state index is 12.6. The number of aromatic nitrogens is 2. The van der Waals surface area contributed by atoms with E-state index in [1.54, 1.807) is 11.8 Å². The number of hydrogen-bond acceptors (Lipinski definition) is 2. The highest BCUT2D eigenvalue weighted by Crippen LogP contribution is 2.32. The summed E-state index contributed by atoms with van der Waals surface area (Å²) in [6.45, 7) is 4.03. The van der Waals surface area contributed by atoms with Gasteiger partial charge in [-0.25, -0.2) is 4.68 Å². The molecule has 2 aromatic carbocycles. The van der Waals surface area contributed by atoms with E-state index >= 15 is 0 Å². The van der Waals surface area contributed by atoms with Crippen molar-refractivity contribution < 1.29 is 4.74 Å². The first kappa shape index (κ1) is 12.8. The number of rotatable bonds is 2. The SMILES string of the molecule is COc1cc2c(=O)n(C(C)C)n(C)c2c2ccccc12. The lowest BCUT2D eigenvalue weighted by Gasteiger charge is -2.12. The summed E-state index contributed by atoms with van der Waals surface area (Å²) in [4.78, 5) is 12.6. The fourth-order valence-corrected chi connectivity index (χ4v) is 2.96. The normalized spacial score (nSPS) is 11.7. The van der Waals surface area contributed by atoms with Crippen LogP contribution < -0.4 is 10.3 Å². The van der Waals surface area contributed by atoms with E-state index in [1.165, 1.54) is 0 Å². The van der Waals surface area contributed by atoms with Gasteiger partial charge >= 0.3 is 0 Å². The van der Waals surface area contributed by atoms with Gasteiger partial charge in [-0.05, 0) is 19.9 Å². The largest absolute Gasteiger partial charge is 0.496 e. The standard InChI is InChI=1S/C16H18N2O2/c1-10(2)18-16(19)13-9-14(20-4)11-7-5-6-8-12(11)15(13)17(18)3/h5-10H,1-4H3. The Morgan fingerprint density at radius 2 is 1.75 bits per heavy atom. The third kappa shape index (κ3) is 1.57. The topological polar surface area (TPSA) is 36.2 Å². The Kier molecular flexibility index (Phi) is 2.82. The Hall–Kier alpha value is -2.23. The van der Waals surface area contributed by atoms with Gasteiger partial charge < -0.3 is 4.74 Å². The monoisotopic (exact) mass is 270 g/mol. The number of benzene rings is 2. The Labute approximate surface area is 117 Å². The molecule has 0 radical (unpaired) electrons. The third-order valence-electron chi connectivity index (χ3n) is 3.77. The van der Waals surface area contributed by atoms with Crippen LogP contribution in [0.5, 0.6) is 5.75 Å². The molecule has 20 heavy (non-hydrogen) atoms. The summed E-state index contributed by atoms with van der Waals surface area (Å²) in [5.41, 5.74) is 0.988. The lowest BCUT2D eigenvalue weighted by Crippen LogP contribution is -2.23.